The van der Waals surface area contributed by atoms with Crippen LogP contribution in [0, 0.1) is 6.92 Å². The summed E-state index contributed by atoms with van der Waals surface area (Å²) in [5.41, 5.74) is 5.74. The van der Waals surface area contributed by atoms with Gasteiger partial charge in [-0.2, -0.15) is 4.98 Å². The van der Waals surface area contributed by atoms with Gasteiger partial charge in [0.15, 0.2) is 11.2 Å². The zero-order valence-electron chi connectivity index (χ0n) is 15.8. The summed E-state index contributed by atoms with van der Waals surface area (Å²) in [6, 6.07) is 5.25. The summed E-state index contributed by atoms with van der Waals surface area (Å²) < 4.78 is 10.6. The Morgan fingerprint density at radius 2 is 2.03 bits per heavy atom. The zero-order valence-corrected chi connectivity index (χ0v) is 16.6. The summed E-state index contributed by atoms with van der Waals surface area (Å²) in [5, 5.41) is 0.420. The Bertz CT molecular complexity index is 1420. The van der Waals surface area contributed by atoms with E-state index in [2.05, 4.69) is 4.98 Å². The number of ether oxygens (including phenoxy) is 1. The van der Waals surface area contributed by atoms with Gasteiger partial charge < -0.3 is 10.5 Å². The standard InChI is InChI=1S/C18H17ClN6O4/c1-9-7-23-14-15(22(2)18(28)24(16(14)27)8-13(20)26)21-17(23)25(9)10-4-5-12(29-3)11(19)6-10/h4-7H,8H2,1-3H3,(H2,20,26). The van der Waals surface area contributed by atoms with Gasteiger partial charge in [-0.3, -0.25) is 23.1 Å². The van der Waals surface area contributed by atoms with E-state index in [0.29, 0.717) is 22.2 Å². The number of nitrogens with zero attached hydrogens (tertiary/aromatic N) is 5. The summed E-state index contributed by atoms with van der Waals surface area (Å²) in [5.74, 6) is 0.162. The number of primary amides is 1. The smallest absolute Gasteiger partial charge is 0.332 e. The minimum absolute atomic E-state index is 0.171. The van der Waals surface area contributed by atoms with Crippen LogP contribution < -0.4 is 21.7 Å². The van der Waals surface area contributed by atoms with E-state index in [9.17, 15) is 14.4 Å². The van der Waals surface area contributed by atoms with Crippen LogP contribution in [-0.4, -0.2) is 36.1 Å². The Morgan fingerprint density at radius 3 is 2.66 bits per heavy atom. The number of methoxy groups -OCH3 is 1. The number of amides is 1. The summed E-state index contributed by atoms with van der Waals surface area (Å²) in [4.78, 5) is 41.3. The van der Waals surface area contributed by atoms with Crippen molar-refractivity contribution in [3.05, 3.63) is 56.0 Å². The molecule has 3 heterocycles. The monoisotopic (exact) mass is 416 g/mol. The first-order valence-corrected chi connectivity index (χ1v) is 8.94. The molecule has 4 rings (SSSR count). The highest BCUT2D eigenvalue weighted by Gasteiger charge is 2.21. The highest BCUT2D eigenvalue weighted by Crippen LogP contribution is 2.29. The number of halogens is 1. The van der Waals surface area contributed by atoms with Crippen LogP contribution in [0.1, 0.15) is 5.69 Å². The van der Waals surface area contributed by atoms with Gasteiger partial charge in [-0.25, -0.2) is 9.36 Å². The van der Waals surface area contributed by atoms with Gasteiger partial charge in [-0.05, 0) is 25.1 Å². The molecule has 10 nitrogen and oxygen atoms in total. The molecule has 0 unspecified atom stereocenters. The summed E-state index contributed by atoms with van der Waals surface area (Å²) in [6.45, 7) is 1.34. The molecule has 1 amide bonds. The summed E-state index contributed by atoms with van der Waals surface area (Å²) in [6.07, 6.45) is 1.73. The third-order valence-corrected chi connectivity index (χ3v) is 5.03. The molecule has 11 heteroatoms. The van der Waals surface area contributed by atoms with Crippen molar-refractivity contribution in [2.24, 2.45) is 12.8 Å². The van der Waals surface area contributed by atoms with Crippen LogP contribution in [0.2, 0.25) is 5.02 Å². The van der Waals surface area contributed by atoms with Crippen LogP contribution >= 0.6 is 11.6 Å². The minimum Gasteiger partial charge on any atom is -0.495 e. The molecule has 0 bridgehead atoms. The number of fused-ring (bicyclic) bond motifs is 3. The Kier molecular flexibility index (Phi) is 4.23. The third-order valence-electron chi connectivity index (χ3n) is 4.73. The maximum atomic E-state index is 12.9. The van der Waals surface area contributed by atoms with E-state index in [-0.39, 0.29) is 11.2 Å². The van der Waals surface area contributed by atoms with Crippen molar-refractivity contribution in [3.8, 4) is 11.4 Å². The Balaban J connectivity index is 2.08. The first kappa shape index (κ1) is 18.8. The lowest BCUT2D eigenvalue weighted by atomic mass is 10.3. The fourth-order valence-electron chi connectivity index (χ4n) is 3.42. The fourth-order valence-corrected chi connectivity index (χ4v) is 3.67. The van der Waals surface area contributed by atoms with E-state index in [1.54, 1.807) is 27.3 Å². The van der Waals surface area contributed by atoms with Crippen molar-refractivity contribution in [2.45, 2.75) is 13.5 Å². The normalized spacial score (nSPS) is 11.4. The summed E-state index contributed by atoms with van der Waals surface area (Å²) in [7, 11) is 3.01. The number of imidazole rings is 2. The fraction of sp³-hybridized carbons (Fsp3) is 0.222. The Morgan fingerprint density at radius 1 is 1.31 bits per heavy atom. The van der Waals surface area contributed by atoms with Gasteiger partial charge in [0.2, 0.25) is 11.7 Å². The van der Waals surface area contributed by atoms with Crippen LogP contribution in [0.15, 0.2) is 34.0 Å². The molecular weight excluding hydrogens is 400 g/mol. The molecule has 0 fully saturated rings. The number of rotatable bonds is 4. The molecule has 1 aromatic carbocycles. The molecule has 0 aliphatic heterocycles. The van der Waals surface area contributed by atoms with Crippen molar-refractivity contribution in [1.82, 2.24) is 23.1 Å². The van der Waals surface area contributed by atoms with Crippen molar-refractivity contribution in [1.29, 1.82) is 0 Å². The summed E-state index contributed by atoms with van der Waals surface area (Å²) >= 11 is 6.26. The molecule has 2 N–H and O–H groups in total. The van der Waals surface area contributed by atoms with E-state index < -0.39 is 23.7 Å². The number of hydrogen-bond donors (Lipinski definition) is 1. The van der Waals surface area contributed by atoms with Crippen LogP contribution in [-0.2, 0) is 18.4 Å². The van der Waals surface area contributed by atoms with Crippen LogP contribution in [0.5, 0.6) is 5.75 Å². The molecule has 4 aromatic rings. The van der Waals surface area contributed by atoms with Gasteiger partial charge in [-0.1, -0.05) is 11.6 Å². The second kappa shape index (κ2) is 6.52. The lowest BCUT2D eigenvalue weighted by Crippen LogP contribution is -2.42. The lowest BCUT2D eigenvalue weighted by molar-refractivity contribution is -0.118. The number of aromatic nitrogens is 5. The van der Waals surface area contributed by atoms with Crippen molar-refractivity contribution in [3.63, 3.8) is 0 Å². The maximum absolute atomic E-state index is 12.9. The number of carbonyl (C=O) groups is 1. The third kappa shape index (κ3) is 2.71. The number of benzene rings is 1. The van der Waals surface area contributed by atoms with Crippen LogP contribution in [0.4, 0.5) is 0 Å². The average Bonchev–Trinajstić information content (AvgIpc) is 3.17. The number of hydrogen-bond acceptors (Lipinski definition) is 5. The predicted octanol–water partition coefficient (Wildman–Crippen LogP) is 0.594. The van der Waals surface area contributed by atoms with Crippen molar-refractivity contribution < 1.29 is 9.53 Å². The molecule has 0 radical (unpaired) electrons. The molecule has 0 aliphatic rings. The highest BCUT2D eigenvalue weighted by molar-refractivity contribution is 6.32. The molecule has 29 heavy (non-hydrogen) atoms. The second-order valence-corrected chi connectivity index (χ2v) is 6.99. The Hall–Kier alpha value is -3.53. The van der Waals surface area contributed by atoms with E-state index in [1.165, 1.54) is 18.7 Å². The first-order valence-electron chi connectivity index (χ1n) is 8.56. The predicted molar refractivity (Wildman–Crippen MR) is 107 cm³/mol. The van der Waals surface area contributed by atoms with Gasteiger partial charge in [0.1, 0.15) is 12.3 Å². The van der Waals surface area contributed by atoms with Crippen LogP contribution in [0.25, 0.3) is 22.6 Å². The van der Waals surface area contributed by atoms with Gasteiger partial charge in [-0.15, -0.1) is 0 Å². The Labute approximate surface area is 168 Å². The van der Waals surface area contributed by atoms with E-state index >= 15 is 0 Å². The zero-order chi connectivity index (χ0) is 21.0. The minimum atomic E-state index is -0.786. The van der Waals surface area contributed by atoms with E-state index in [1.807, 2.05) is 13.0 Å². The van der Waals surface area contributed by atoms with Gasteiger partial charge >= 0.3 is 5.69 Å². The molecule has 0 saturated carbocycles. The maximum Gasteiger partial charge on any atom is 0.332 e. The molecule has 0 atom stereocenters. The quantitative estimate of drug-likeness (QED) is 0.522. The molecule has 150 valence electrons. The van der Waals surface area contributed by atoms with Crippen molar-refractivity contribution >= 4 is 34.4 Å². The topological polar surface area (TPSA) is 119 Å². The SMILES string of the molecule is COc1ccc(-n2c(C)cn3c4c(=O)n(CC(N)=O)c(=O)n(C)c4nc23)cc1Cl. The van der Waals surface area contributed by atoms with Crippen LogP contribution in [0.3, 0.4) is 0 Å². The van der Waals surface area contributed by atoms with Crippen molar-refractivity contribution in [2.75, 3.05) is 7.11 Å². The molecular formula is C18H17ClN6O4. The molecule has 3 aromatic heterocycles. The molecule has 0 saturated heterocycles. The number of nitrogens with two attached hydrogens (primary N) is 1. The molecule has 0 aliphatic carbocycles. The largest absolute Gasteiger partial charge is 0.495 e. The number of aryl methyl sites for hydroxylation is 2. The first-order chi connectivity index (χ1) is 13.7. The highest BCUT2D eigenvalue weighted by atomic mass is 35.5. The van der Waals surface area contributed by atoms with E-state index in [0.717, 1.165) is 10.3 Å². The van der Waals surface area contributed by atoms with Gasteiger partial charge in [0.05, 0.1) is 17.8 Å². The lowest BCUT2D eigenvalue weighted by Gasteiger charge is -2.09. The van der Waals surface area contributed by atoms with E-state index in [4.69, 9.17) is 22.1 Å². The average molecular weight is 417 g/mol. The number of carbonyl (C=O) groups excluding carboxylic acids is 1. The second-order valence-electron chi connectivity index (χ2n) is 6.58. The molecule has 0 spiro atoms. The van der Waals surface area contributed by atoms with Gasteiger partial charge in [0, 0.05) is 18.9 Å². The van der Waals surface area contributed by atoms with Gasteiger partial charge in [0.25, 0.3) is 5.56 Å².